The van der Waals surface area contributed by atoms with Gasteiger partial charge in [0.1, 0.15) is 17.2 Å². The Kier molecular flexibility index (Phi) is 3.39. The van der Waals surface area contributed by atoms with Gasteiger partial charge in [0, 0.05) is 4.88 Å². The van der Waals surface area contributed by atoms with Gasteiger partial charge >= 0.3 is 5.69 Å². The minimum Gasteiger partial charge on any atom is -0.258 e. The van der Waals surface area contributed by atoms with Crippen LogP contribution >= 0.6 is 22.7 Å². The third-order valence-corrected chi connectivity index (χ3v) is 5.71. The Morgan fingerprint density at radius 1 is 1.29 bits per heavy atom. The molecule has 0 saturated heterocycles. The van der Waals surface area contributed by atoms with Gasteiger partial charge in [0.15, 0.2) is 11.6 Å². The first kappa shape index (κ1) is 14.9. The Hall–Kier alpha value is -2.65. The van der Waals surface area contributed by atoms with Crippen molar-refractivity contribution in [2.45, 2.75) is 13.8 Å². The molecule has 0 aliphatic carbocycles. The Morgan fingerprint density at radius 3 is 2.79 bits per heavy atom. The largest absolute Gasteiger partial charge is 0.307 e. The van der Waals surface area contributed by atoms with Crippen molar-refractivity contribution in [2.24, 2.45) is 0 Å². The van der Waals surface area contributed by atoms with Crippen LogP contribution in [0, 0.1) is 24.0 Å². The lowest BCUT2D eigenvalue weighted by molar-refractivity contribution is -0.384. The van der Waals surface area contributed by atoms with Crippen molar-refractivity contribution in [2.75, 3.05) is 0 Å². The molecule has 120 valence electrons. The molecule has 0 aliphatic rings. The number of fused-ring (bicyclic) bond motifs is 1. The van der Waals surface area contributed by atoms with E-state index in [4.69, 9.17) is 0 Å². The van der Waals surface area contributed by atoms with E-state index in [-0.39, 0.29) is 5.69 Å². The maximum atomic E-state index is 11.0. The summed E-state index contributed by atoms with van der Waals surface area (Å²) in [5.74, 6) is 1.17. The molecule has 0 saturated carbocycles. The molecule has 0 N–H and O–H groups in total. The summed E-state index contributed by atoms with van der Waals surface area (Å²) in [6.07, 6.45) is 2.61. The molecule has 0 aromatic carbocycles. The van der Waals surface area contributed by atoms with E-state index in [1.165, 1.54) is 17.1 Å². The van der Waals surface area contributed by atoms with E-state index in [0.29, 0.717) is 11.6 Å². The van der Waals surface area contributed by atoms with Crippen LogP contribution in [0.5, 0.6) is 0 Å². The summed E-state index contributed by atoms with van der Waals surface area (Å²) >= 11 is 3.14. The van der Waals surface area contributed by atoms with Crippen LogP contribution in [0.4, 0.5) is 5.69 Å². The number of hydrogen-bond donors (Lipinski definition) is 0. The van der Waals surface area contributed by atoms with Crippen molar-refractivity contribution in [1.82, 2.24) is 19.7 Å². The molecule has 0 radical (unpaired) electrons. The van der Waals surface area contributed by atoms with Gasteiger partial charge in [-0.15, -0.1) is 22.7 Å². The highest BCUT2D eigenvalue weighted by Crippen LogP contribution is 2.35. The number of hydrogen-bond acceptors (Lipinski definition) is 7. The number of nitro groups is 1. The maximum Gasteiger partial charge on any atom is 0.307 e. The topological polar surface area (TPSA) is 86.7 Å². The second kappa shape index (κ2) is 5.46. The molecule has 0 fully saturated rings. The average molecular weight is 357 g/mol. The summed E-state index contributed by atoms with van der Waals surface area (Å²) < 4.78 is 1.46. The third kappa shape index (κ3) is 2.29. The van der Waals surface area contributed by atoms with Gasteiger partial charge < -0.3 is 0 Å². The second-order valence-electron chi connectivity index (χ2n) is 5.21. The highest BCUT2D eigenvalue weighted by molar-refractivity contribution is 7.19. The van der Waals surface area contributed by atoms with Gasteiger partial charge in [-0.05, 0) is 30.9 Å². The van der Waals surface area contributed by atoms with Crippen LogP contribution in [0.1, 0.15) is 10.4 Å². The van der Waals surface area contributed by atoms with Crippen molar-refractivity contribution >= 4 is 38.6 Å². The van der Waals surface area contributed by atoms with Crippen LogP contribution in [-0.4, -0.2) is 24.7 Å². The van der Waals surface area contributed by atoms with Gasteiger partial charge in [0.25, 0.3) is 0 Å². The Bertz CT molecular complexity index is 1070. The normalized spacial score (nSPS) is 11.2. The van der Waals surface area contributed by atoms with Crippen LogP contribution in [-0.2, 0) is 0 Å². The van der Waals surface area contributed by atoms with E-state index in [9.17, 15) is 10.1 Å². The predicted molar refractivity (Wildman–Crippen MR) is 94.0 cm³/mol. The van der Waals surface area contributed by atoms with E-state index in [2.05, 4.69) is 15.1 Å². The van der Waals surface area contributed by atoms with Crippen molar-refractivity contribution < 1.29 is 4.92 Å². The Morgan fingerprint density at radius 2 is 2.12 bits per heavy atom. The second-order valence-corrected chi connectivity index (χ2v) is 7.36. The summed E-state index contributed by atoms with van der Waals surface area (Å²) in [6, 6.07) is 3.89. The van der Waals surface area contributed by atoms with Gasteiger partial charge in [-0.3, -0.25) is 10.1 Å². The molecule has 0 aliphatic heterocycles. The molecule has 4 aromatic heterocycles. The number of rotatable bonds is 3. The van der Waals surface area contributed by atoms with E-state index < -0.39 is 4.92 Å². The van der Waals surface area contributed by atoms with Gasteiger partial charge in [-0.2, -0.15) is 5.10 Å². The molecule has 0 amide bonds. The van der Waals surface area contributed by atoms with Crippen molar-refractivity contribution in [3.63, 3.8) is 0 Å². The van der Waals surface area contributed by atoms with Crippen LogP contribution in [0.25, 0.3) is 26.7 Å². The fraction of sp³-hybridized carbons (Fsp3) is 0.133. The van der Waals surface area contributed by atoms with Gasteiger partial charge in [-0.1, -0.05) is 6.07 Å². The standard InChI is InChI=1S/C15H11N5O2S2/c1-8-9(2)24-15-12(8)14(19-7-10(6-16-19)20(21)22)17-13(18-15)11-4-3-5-23-11/h3-7H,1-2H3. The lowest BCUT2D eigenvalue weighted by Gasteiger charge is -2.05. The quantitative estimate of drug-likeness (QED) is 0.406. The molecule has 24 heavy (non-hydrogen) atoms. The molecule has 0 unspecified atom stereocenters. The molecule has 9 heteroatoms. The van der Waals surface area contributed by atoms with E-state index >= 15 is 0 Å². The summed E-state index contributed by atoms with van der Waals surface area (Å²) in [7, 11) is 0. The van der Waals surface area contributed by atoms with Crippen molar-refractivity contribution in [3.8, 4) is 16.5 Å². The van der Waals surface area contributed by atoms with Crippen LogP contribution < -0.4 is 0 Å². The Balaban J connectivity index is 2.02. The molecule has 7 nitrogen and oxygen atoms in total. The minimum atomic E-state index is -0.464. The SMILES string of the molecule is Cc1sc2nc(-c3cccs3)nc(-n3cc([N+](=O)[O-])cn3)c2c1C. The fourth-order valence-corrected chi connectivity index (χ4v) is 4.11. The highest BCUT2D eigenvalue weighted by atomic mass is 32.1. The summed E-state index contributed by atoms with van der Waals surface area (Å²) in [4.78, 5) is 22.8. The van der Waals surface area contributed by atoms with Gasteiger partial charge in [-0.25, -0.2) is 14.6 Å². The first-order valence-corrected chi connectivity index (χ1v) is 8.75. The van der Waals surface area contributed by atoms with E-state index in [1.807, 2.05) is 31.4 Å². The summed E-state index contributed by atoms with van der Waals surface area (Å²) in [5, 5.41) is 17.9. The molecule has 0 atom stereocenters. The average Bonchev–Trinajstić information content (AvgIpc) is 3.28. The zero-order valence-corrected chi connectivity index (χ0v) is 14.4. The lowest BCUT2D eigenvalue weighted by atomic mass is 10.2. The smallest absolute Gasteiger partial charge is 0.258 e. The van der Waals surface area contributed by atoms with Crippen molar-refractivity contribution in [3.05, 3.63) is 50.5 Å². The first-order chi connectivity index (χ1) is 11.5. The number of aromatic nitrogens is 4. The van der Waals surface area contributed by atoms with E-state index in [0.717, 1.165) is 25.5 Å². The van der Waals surface area contributed by atoms with E-state index in [1.54, 1.807) is 22.7 Å². The maximum absolute atomic E-state index is 11.0. The monoisotopic (exact) mass is 357 g/mol. The molecule has 4 rings (SSSR count). The van der Waals surface area contributed by atoms with Gasteiger partial charge in [0.2, 0.25) is 0 Å². The number of aryl methyl sites for hydroxylation is 2. The first-order valence-electron chi connectivity index (χ1n) is 7.05. The van der Waals surface area contributed by atoms with Crippen LogP contribution in [0.15, 0.2) is 29.9 Å². The molecule has 4 heterocycles. The Labute approximate surface area is 144 Å². The zero-order chi connectivity index (χ0) is 16.8. The zero-order valence-electron chi connectivity index (χ0n) is 12.8. The predicted octanol–water partition coefficient (Wildman–Crippen LogP) is 4.13. The molecule has 0 spiro atoms. The van der Waals surface area contributed by atoms with Crippen LogP contribution in [0.2, 0.25) is 0 Å². The third-order valence-electron chi connectivity index (χ3n) is 3.75. The molecular formula is C15H11N5O2S2. The summed E-state index contributed by atoms with van der Waals surface area (Å²) in [6.45, 7) is 4.03. The summed E-state index contributed by atoms with van der Waals surface area (Å²) in [5.41, 5.74) is 1.00. The van der Waals surface area contributed by atoms with Crippen LogP contribution in [0.3, 0.4) is 0 Å². The number of nitrogens with zero attached hydrogens (tertiary/aromatic N) is 5. The van der Waals surface area contributed by atoms with Crippen molar-refractivity contribution in [1.29, 1.82) is 0 Å². The highest BCUT2D eigenvalue weighted by Gasteiger charge is 2.19. The molecule has 4 aromatic rings. The fourth-order valence-electron chi connectivity index (χ4n) is 2.43. The molecular weight excluding hydrogens is 346 g/mol. The molecule has 0 bridgehead atoms. The minimum absolute atomic E-state index is 0.0657. The van der Waals surface area contributed by atoms with Gasteiger partial charge in [0.05, 0.1) is 15.2 Å². The number of thiophene rings is 2. The lowest BCUT2D eigenvalue weighted by Crippen LogP contribution is -2.02.